The minimum Gasteiger partial charge on any atom is -0.481 e. The Morgan fingerprint density at radius 1 is 0.763 bits per heavy atom. The number of nitrogens with one attached hydrogen (secondary N) is 4. The van der Waals surface area contributed by atoms with E-state index in [0.29, 0.717) is 0 Å². The van der Waals surface area contributed by atoms with Crippen molar-refractivity contribution in [3.8, 4) is 22.4 Å². The predicted molar refractivity (Wildman–Crippen MR) is 153 cm³/mol. The molecule has 4 heterocycles. The molecule has 0 amide bonds. The first-order chi connectivity index (χ1) is 18.5. The minimum atomic E-state index is -0.833. The van der Waals surface area contributed by atoms with Crippen LogP contribution in [0.25, 0.3) is 44.2 Å². The number of aromatic amines is 2. The van der Waals surface area contributed by atoms with Crippen LogP contribution in [0.5, 0.6) is 0 Å². The van der Waals surface area contributed by atoms with Gasteiger partial charge in [0.15, 0.2) is 0 Å². The molecule has 0 bridgehead atoms. The highest BCUT2D eigenvalue weighted by Gasteiger charge is 2.13. The van der Waals surface area contributed by atoms with Crippen molar-refractivity contribution in [2.45, 2.75) is 6.92 Å². The lowest BCUT2D eigenvalue weighted by atomic mass is 10.0. The van der Waals surface area contributed by atoms with Crippen LogP contribution in [0.15, 0.2) is 82.9 Å². The third kappa shape index (κ3) is 4.64. The summed E-state index contributed by atoms with van der Waals surface area (Å²) in [4.78, 5) is 25.1. The largest absolute Gasteiger partial charge is 0.481 e. The lowest BCUT2D eigenvalue weighted by Crippen LogP contribution is -2.19. The Kier molecular flexibility index (Phi) is 6.13. The van der Waals surface area contributed by atoms with Crippen LogP contribution in [0.1, 0.15) is 18.1 Å². The first-order valence-corrected chi connectivity index (χ1v) is 12.7. The zero-order valence-corrected chi connectivity index (χ0v) is 21.0. The zero-order chi connectivity index (χ0) is 26.1. The molecule has 0 unspecified atom stereocenters. The maximum Gasteiger partial charge on any atom is 0.300 e. The SMILES string of the molecule is CC(=O)O.c1cc2cc(-c3ccc(-c4c[nH]c5cc(C6=NCCN6)ccc45)cc3)[nH]c2cc1C1=NCCN1. The standard InChI is InChI=1S/C28H24N6.C2H4O2/c1-3-18(24-13-19-5-6-20(14-25(19)34-24)27-29-9-10-30-27)4-2-17(1)23-16-33-26-15-21(7-8-22(23)26)28-31-11-12-32-28;1-2(3)4/h1-8,13-16,33-34H,9-12H2,(H,29,30)(H,31,32);1H3,(H,3,4). The van der Waals surface area contributed by atoms with Gasteiger partial charge in [0, 0.05) is 70.4 Å². The van der Waals surface area contributed by atoms with E-state index < -0.39 is 5.97 Å². The summed E-state index contributed by atoms with van der Waals surface area (Å²) in [5, 5.41) is 16.5. The summed E-state index contributed by atoms with van der Waals surface area (Å²) in [5.74, 6) is 1.14. The number of aliphatic carboxylic acids is 1. The molecule has 5 aromatic rings. The fourth-order valence-electron chi connectivity index (χ4n) is 4.95. The van der Waals surface area contributed by atoms with Gasteiger partial charge in [-0.15, -0.1) is 0 Å². The van der Waals surface area contributed by atoms with Crippen LogP contribution >= 0.6 is 0 Å². The van der Waals surface area contributed by atoms with Gasteiger partial charge in [0.1, 0.15) is 11.7 Å². The number of hydrogen-bond acceptors (Lipinski definition) is 5. The lowest BCUT2D eigenvalue weighted by molar-refractivity contribution is -0.134. The molecule has 3 aromatic carbocycles. The molecule has 190 valence electrons. The van der Waals surface area contributed by atoms with Crippen LogP contribution in [-0.4, -0.2) is 58.9 Å². The van der Waals surface area contributed by atoms with E-state index in [9.17, 15) is 0 Å². The van der Waals surface area contributed by atoms with Gasteiger partial charge in [-0.2, -0.15) is 0 Å². The average Bonchev–Trinajstić information content (AvgIpc) is 3.74. The third-order valence-corrected chi connectivity index (χ3v) is 6.71. The predicted octanol–water partition coefficient (Wildman–Crippen LogP) is 4.77. The number of fused-ring (bicyclic) bond motifs is 2. The van der Waals surface area contributed by atoms with Crippen LogP contribution in [0.2, 0.25) is 0 Å². The topological polar surface area (TPSA) is 118 Å². The lowest BCUT2D eigenvalue weighted by Gasteiger charge is -2.05. The van der Waals surface area contributed by atoms with Gasteiger partial charge >= 0.3 is 0 Å². The molecule has 8 heteroatoms. The quantitative estimate of drug-likeness (QED) is 0.242. The number of nitrogens with zero attached hydrogens (tertiary/aromatic N) is 2. The van der Waals surface area contributed by atoms with E-state index in [4.69, 9.17) is 9.90 Å². The number of benzene rings is 3. The second-order valence-corrected chi connectivity index (χ2v) is 9.36. The second-order valence-electron chi connectivity index (χ2n) is 9.36. The molecular weight excluding hydrogens is 476 g/mol. The highest BCUT2D eigenvalue weighted by atomic mass is 16.4. The van der Waals surface area contributed by atoms with E-state index in [1.165, 1.54) is 27.5 Å². The molecule has 5 N–H and O–H groups in total. The monoisotopic (exact) mass is 504 g/mol. The van der Waals surface area contributed by atoms with Crippen molar-refractivity contribution < 1.29 is 9.90 Å². The van der Waals surface area contributed by atoms with Crippen molar-refractivity contribution in [3.05, 3.63) is 84.1 Å². The molecule has 0 saturated carbocycles. The van der Waals surface area contributed by atoms with Gasteiger partial charge in [-0.25, -0.2) is 0 Å². The number of carboxylic acids is 1. The minimum absolute atomic E-state index is 0.833. The Morgan fingerprint density at radius 3 is 1.97 bits per heavy atom. The summed E-state index contributed by atoms with van der Waals surface area (Å²) in [6.07, 6.45) is 2.09. The maximum atomic E-state index is 9.00. The van der Waals surface area contributed by atoms with Gasteiger partial charge in [-0.3, -0.25) is 14.8 Å². The van der Waals surface area contributed by atoms with Crippen molar-refractivity contribution >= 4 is 39.4 Å². The molecule has 0 saturated heterocycles. The molecular formula is C30H28N6O2. The smallest absolute Gasteiger partial charge is 0.300 e. The van der Waals surface area contributed by atoms with E-state index in [0.717, 1.165) is 72.6 Å². The highest BCUT2D eigenvalue weighted by Crippen LogP contribution is 2.32. The number of aliphatic imine (C=N–C) groups is 2. The summed E-state index contributed by atoms with van der Waals surface area (Å²) in [7, 11) is 0. The van der Waals surface area contributed by atoms with E-state index >= 15 is 0 Å². The number of carboxylic acid groups (broad SMARTS) is 1. The number of hydrogen-bond donors (Lipinski definition) is 5. The first-order valence-electron chi connectivity index (χ1n) is 12.7. The molecule has 2 aliphatic rings. The van der Waals surface area contributed by atoms with Crippen LogP contribution in [0.3, 0.4) is 0 Å². The van der Waals surface area contributed by atoms with Crippen LogP contribution in [0.4, 0.5) is 0 Å². The van der Waals surface area contributed by atoms with Crippen molar-refractivity contribution in [1.82, 2.24) is 20.6 Å². The van der Waals surface area contributed by atoms with Gasteiger partial charge in [0.05, 0.1) is 13.1 Å². The highest BCUT2D eigenvalue weighted by molar-refractivity contribution is 6.05. The molecule has 0 atom stereocenters. The Hall–Kier alpha value is -4.85. The van der Waals surface area contributed by atoms with E-state index in [2.05, 4.69) is 104 Å². The molecule has 38 heavy (non-hydrogen) atoms. The van der Waals surface area contributed by atoms with E-state index in [-0.39, 0.29) is 0 Å². The van der Waals surface area contributed by atoms with Crippen molar-refractivity contribution in [1.29, 1.82) is 0 Å². The average molecular weight is 505 g/mol. The van der Waals surface area contributed by atoms with Crippen molar-refractivity contribution in [2.24, 2.45) is 9.98 Å². The number of H-pyrrole nitrogens is 2. The van der Waals surface area contributed by atoms with Crippen LogP contribution in [0, 0.1) is 0 Å². The van der Waals surface area contributed by atoms with Crippen LogP contribution < -0.4 is 10.6 Å². The van der Waals surface area contributed by atoms with Crippen molar-refractivity contribution in [2.75, 3.05) is 26.2 Å². The van der Waals surface area contributed by atoms with E-state index in [1.807, 2.05) is 0 Å². The maximum absolute atomic E-state index is 9.00. The number of rotatable bonds is 4. The first kappa shape index (κ1) is 23.5. The van der Waals surface area contributed by atoms with Crippen molar-refractivity contribution in [3.63, 3.8) is 0 Å². The molecule has 2 aromatic heterocycles. The number of carbonyl (C=O) groups is 1. The molecule has 0 spiro atoms. The summed E-state index contributed by atoms with van der Waals surface area (Å²) in [6, 6.07) is 24.0. The summed E-state index contributed by atoms with van der Waals surface area (Å²) in [6.45, 7) is 4.61. The zero-order valence-electron chi connectivity index (χ0n) is 21.0. The van der Waals surface area contributed by atoms with Gasteiger partial charge in [-0.1, -0.05) is 48.5 Å². The molecule has 8 nitrogen and oxygen atoms in total. The Bertz CT molecular complexity index is 1700. The van der Waals surface area contributed by atoms with Gasteiger partial charge < -0.3 is 25.7 Å². The molecule has 0 aliphatic carbocycles. The second kappa shape index (κ2) is 9.89. The normalized spacial score (nSPS) is 14.4. The van der Waals surface area contributed by atoms with Gasteiger partial charge in [-0.05, 0) is 29.3 Å². The Morgan fingerprint density at radius 2 is 1.34 bits per heavy atom. The number of amidine groups is 2. The molecule has 0 radical (unpaired) electrons. The molecule has 2 aliphatic heterocycles. The third-order valence-electron chi connectivity index (χ3n) is 6.71. The summed E-state index contributed by atoms with van der Waals surface area (Å²) >= 11 is 0. The summed E-state index contributed by atoms with van der Waals surface area (Å²) in [5.41, 5.74) is 9.21. The van der Waals surface area contributed by atoms with Crippen LogP contribution in [-0.2, 0) is 4.79 Å². The Labute approximate surface area is 219 Å². The Balaban J connectivity index is 0.000000620. The summed E-state index contributed by atoms with van der Waals surface area (Å²) < 4.78 is 0. The fraction of sp³-hybridized carbons (Fsp3) is 0.167. The molecule has 0 fully saturated rings. The van der Waals surface area contributed by atoms with E-state index in [1.54, 1.807) is 0 Å². The van der Waals surface area contributed by atoms with Gasteiger partial charge in [0.25, 0.3) is 5.97 Å². The fourth-order valence-corrected chi connectivity index (χ4v) is 4.95. The number of aromatic nitrogens is 2. The van der Waals surface area contributed by atoms with Gasteiger partial charge in [0.2, 0.25) is 0 Å². The molecule has 7 rings (SSSR count).